The van der Waals surface area contributed by atoms with Crippen molar-refractivity contribution in [3.8, 4) is 0 Å². The predicted molar refractivity (Wildman–Crippen MR) is 113 cm³/mol. The highest BCUT2D eigenvalue weighted by Crippen LogP contribution is 2.25. The Labute approximate surface area is 176 Å². The lowest BCUT2D eigenvalue weighted by atomic mass is 9.96. The molecule has 0 bridgehead atoms. The van der Waals surface area contributed by atoms with Gasteiger partial charge in [-0.2, -0.15) is 17.0 Å². The summed E-state index contributed by atoms with van der Waals surface area (Å²) in [5, 5.41) is 4.86. The van der Waals surface area contributed by atoms with Crippen molar-refractivity contribution >= 4 is 38.4 Å². The van der Waals surface area contributed by atoms with Crippen LogP contribution in [-0.2, 0) is 15.0 Å². The van der Waals surface area contributed by atoms with Crippen LogP contribution in [0.4, 0.5) is 5.00 Å². The van der Waals surface area contributed by atoms with E-state index in [4.69, 9.17) is 5.73 Å². The second kappa shape index (κ2) is 9.52. The summed E-state index contributed by atoms with van der Waals surface area (Å²) in [6, 6.07) is 1.66. The van der Waals surface area contributed by atoms with Gasteiger partial charge in [0.25, 0.3) is 16.1 Å². The molecule has 0 radical (unpaired) electrons. The number of hydrogen-bond donors (Lipinski definition) is 2. The first-order valence-corrected chi connectivity index (χ1v) is 12.2. The van der Waals surface area contributed by atoms with Gasteiger partial charge in [0.05, 0.1) is 12.1 Å². The largest absolute Gasteiger partial charge is 0.366 e. The summed E-state index contributed by atoms with van der Waals surface area (Å²) in [6.07, 6.45) is 5.18. The van der Waals surface area contributed by atoms with Gasteiger partial charge in [0.1, 0.15) is 5.00 Å². The molecule has 1 saturated heterocycles. The Balaban J connectivity index is 1.50. The van der Waals surface area contributed by atoms with E-state index in [1.165, 1.54) is 26.4 Å². The molecule has 29 heavy (non-hydrogen) atoms. The molecule has 2 heterocycles. The summed E-state index contributed by atoms with van der Waals surface area (Å²) >= 11 is 1.24. The van der Waals surface area contributed by atoms with E-state index in [0.717, 1.165) is 25.7 Å². The SMILES string of the molecule is CN(C1CCCCC1)S(=O)(=O)N1CCN(CC(=O)Nc2sccc2C(N)=O)CC1. The third-order valence-electron chi connectivity index (χ3n) is 5.66. The van der Waals surface area contributed by atoms with Gasteiger partial charge in [-0.05, 0) is 24.3 Å². The molecule has 0 atom stereocenters. The molecular formula is C18H29N5O4S2. The van der Waals surface area contributed by atoms with Gasteiger partial charge in [-0.3, -0.25) is 14.5 Å². The molecule has 1 aromatic heterocycles. The maximum atomic E-state index is 12.9. The lowest BCUT2D eigenvalue weighted by molar-refractivity contribution is -0.117. The molecule has 11 heteroatoms. The molecule has 1 saturated carbocycles. The van der Waals surface area contributed by atoms with E-state index in [9.17, 15) is 18.0 Å². The average molecular weight is 444 g/mol. The van der Waals surface area contributed by atoms with Crippen molar-refractivity contribution in [3.63, 3.8) is 0 Å². The number of rotatable bonds is 7. The Morgan fingerprint density at radius 2 is 1.86 bits per heavy atom. The molecule has 0 unspecified atom stereocenters. The van der Waals surface area contributed by atoms with E-state index in [1.807, 2.05) is 4.90 Å². The molecule has 1 aromatic rings. The zero-order valence-electron chi connectivity index (χ0n) is 16.7. The van der Waals surface area contributed by atoms with Gasteiger partial charge in [-0.1, -0.05) is 19.3 Å². The topological polar surface area (TPSA) is 116 Å². The number of nitrogens with two attached hydrogens (primary N) is 1. The zero-order chi connectivity index (χ0) is 21.0. The highest BCUT2D eigenvalue weighted by Gasteiger charge is 2.34. The summed E-state index contributed by atoms with van der Waals surface area (Å²) < 4.78 is 28.9. The number of anilines is 1. The van der Waals surface area contributed by atoms with Crippen LogP contribution in [-0.4, -0.2) is 79.6 Å². The number of nitrogens with zero attached hydrogens (tertiary/aromatic N) is 3. The van der Waals surface area contributed by atoms with Crippen LogP contribution in [0.5, 0.6) is 0 Å². The lowest BCUT2D eigenvalue weighted by Gasteiger charge is -2.38. The molecule has 1 aliphatic heterocycles. The van der Waals surface area contributed by atoms with Crippen LogP contribution in [0.2, 0.25) is 0 Å². The fourth-order valence-electron chi connectivity index (χ4n) is 3.90. The molecule has 2 fully saturated rings. The molecule has 2 amide bonds. The number of nitrogens with one attached hydrogen (secondary N) is 1. The minimum Gasteiger partial charge on any atom is -0.366 e. The normalized spacial score (nSPS) is 20.1. The predicted octanol–water partition coefficient (Wildman–Crippen LogP) is 0.912. The first-order valence-electron chi connectivity index (χ1n) is 9.91. The van der Waals surface area contributed by atoms with Crippen LogP contribution in [0.25, 0.3) is 0 Å². The fraction of sp³-hybridized carbons (Fsp3) is 0.667. The van der Waals surface area contributed by atoms with Gasteiger partial charge in [0.15, 0.2) is 0 Å². The maximum Gasteiger partial charge on any atom is 0.282 e. The van der Waals surface area contributed by atoms with E-state index in [2.05, 4.69) is 5.32 Å². The molecule has 1 aliphatic carbocycles. The Morgan fingerprint density at radius 3 is 2.48 bits per heavy atom. The Hall–Kier alpha value is -1.53. The van der Waals surface area contributed by atoms with Gasteiger partial charge in [-0.25, -0.2) is 0 Å². The number of piperazine rings is 1. The summed E-state index contributed by atoms with van der Waals surface area (Å²) in [4.78, 5) is 25.6. The van der Waals surface area contributed by atoms with Crippen molar-refractivity contribution in [2.75, 3.05) is 45.1 Å². The van der Waals surface area contributed by atoms with Crippen molar-refractivity contribution in [2.45, 2.75) is 38.1 Å². The van der Waals surface area contributed by atoms with E-state index in [1.54, 1.807) is 18.5 Å². The van der Waals surface area contributed by atoms with Crippen molar-refractivity contribution in [2.24, 2.45) is 5.73 Å². The lowest BCUT2D eigenvalue weighted by Crippen LogP contribution is -2.55. The smallest absolute Gasteiger partial charge is 0.282 e. The quantitative estimate of drug-likeness (QED) is 0.650. The van der Waals surface area contributed by atoms with Gasteiger partial charge in [-0.15, -0.1) is 11.3 Å². The van der Waals surface area contributed by atoms with Crippen molar-refractivity contribution in [3.05, 3.63) is 17.0 Å². The molecule has 0 spiro atoms. The number of carbonyl (C=O) groups excluding carboxylic acids is 2. The van der Waals surface area contributed by atoms with Crippen LogP contribution in [0.15, 0.2) is 11.4 Å². The van der Waals surface area contributed by atoms with Crippen LogP contribution in [0.1, 0.15) is 42.5 Å². The van der Waals surface area contributed by atoms with E-state index < -0.39 is 16.1 Å². The number of hydrogen-bond acceptors (Lipinski definition) is 6. The molecule has 0 aromatic carbocycles. The van der Waals surface area contributed by atoms with Gasteiger partial charge < -0.3 is 11.1 Å². The maximum absolute atomic E-state index is 12.9. The molecule has 3 rings (SSSR count). The average Bonchev–Trinajstić information content (AvgIpc) is 3.16. The van der Waals surface area contributed by atoms with Crippen molar-refractivity contribution in [1.82, 2.24) is 13.5 Å². The van der Waals surface area contributed by atoms with Crippen LogP contribution in [0, 0.1) is 0 Å². The second-order valence-electron chi connectivity index (χ2n) is 7.57. The monoisotopic (exact) mass is 443 g/mol. The van der Waals surface area contributed by atoms with E-state index in [0.29, 0.717) is 36.7 Å². The molecule has 162 valence electrons. The number of thiophene rings is 1. The van der Waals surface area contributed by atoms with Crippen molar-refractivity contribution < 1.29 is 18.0 Å². The third kappa shape index (κ3) is 5.34. The minimum absolute atomic E-state index is 0.0859. The minimum atomic E-state index is -3.48. The number of carbonyl (C=O) groups is 2. The highest BCUT2D eigenvalue weighted by molar-refractivity contribution is 7.86. The number of primary amides is 1. The summed E-state index contributed by atoms with van der Waals surface area (Å²) in [5.74, 6) is -0.826. The van der Waals surface area contributed by atoms with Crippen LogP contribution < -0.4 is 11.1 Å². The van der Waals surface area contributed by atoms with Crippen LogP contribution in [0.3, 0.4) is 0 Å². The Bertz CT molecular complexity index is 827. The second-order valence-corrected chi connectivity index (χ2v) is 10.5. The van der Waals surface area contributed by atoms with E-state index in [-0.39, 0.29) is 18.5 Å². The molecule has 3 N–H and O–H groups in total. The highest BCUT2D eigenvalue weighted by atomic mass is 32.2. The summed E-state index contributed by atoms with van der Waals surface area (Å²) in [7, 11) is -1.80. The van der Waals surface area contributed by atoms with Gasteiger partial charge >= 0.3 is 0 Å². The molecule has 2 aliphatic rings. The molecule has 9 nitrogen and oxygen atoms in total. The zero-order valence-corrected chi connectivity index (χ0v) is 18.3. The Morgan fingerprint density at radius 1 is 1.21 bits per heavy atom. The van der Waals surface area contributed by atoms with E-state index >= 15 is 0 Å². The first kappa shape index (κ1) is 22.2. The molecular weight excluding hydrogens is 414 g/mol. The first-order chi connectivity index (χ1) is 13.8. The summed E-state index contributed by atoms with van der Waals surface area (Å²) in [6.45, 7) is 1.83. The Kier molecular flexibility index (Phi) is 7.28. The third-order valence-corrected chi connectivity index (χ3v) is 8.53. The van der Waals surface area contributed by atoms with Crippen molar-refractivity contribution in [1.29, 1.82) is 0 Å². The fourth-order valence-corrected chi connectivity index (χ4v) is 6.29. The number of amides is 2. The van der Waals surface area contributed by atoms with Gasteiger partial charge in [0.2, 0.25) is 5.91 Å². The van der Waals surface area contributed by atoms with Gasteiger partial charge in [0, 0.05) is 39.3 Å². The summed E-state index contributed by atoms with van der Waals surface area (Å²) in [5.41, 5.74) is 5.59. The van der Waals surface area contributed by atoms with Crippen LogP contribution >= 0.6 is 11.3 Å². The standard InChI is InChI=1S/C18H29N5O4S2/c1-21(14-5-3-2-4-6-14)29(26,27)23-10-8-22(9-11-23)13-16(24)20-18-15(17(19)25)7-12-28-18/h7,12,14H,2-6,8-11,13H2,1H3,(H2,19,25)(H,20,24).